The van der Waals surface area contributed by atoms with Crippen LogP contribution in [0, 0.1) is 0 Å². The third-order valence-electron chi connectivity index (χ3n) is 10.1. The number of ether oxygens (including phenoxy) is 3. The number of aromatic amines is 2. The topological polar surface area (TPSA) is 187 Å². The van der Waals surface area contributed by atoms with Crippen molar-refractivity contribution in [2.24, 2.45) is 0 Å². The number of hydrogen-bond donors (Lipinski definition) is 5. The minimum absolute atomic E-state index is 0.164. The standard InChI is InChI=1S/C43H48N8O7/c1-5-16-50(38(52)22-45-42(54)56-3)24-37-46-33-15-13-27-19-32-30-14-12-28(18-29(30)25-58-35(32)20-31(27)40(33)48-37)34-21-44-36(47-34)23-51(17-6-2)41(53)39(49-43(55)57-4)26-10-8-7-9-11-26/h7-15,18-21,39,43,49,55H,5-6,16-17,22-25H2,1-4H3,(H,44,47)(H,45,54)(H,46,48)/t39-,43?/m1/s1. The van der Waals surface area contributed by atoms with Gasteiger partial charge in [0.25, 0.3) is 0 Å². The fraction of sp³-hybridized carbons (Fsp3) is 0.326. The molecule has 1 aliphatic rings. The SMILES string of the molecule is CCCN(Cc1nc2c(ccc3cc4c(cc32)OCc2cc(-c3cnc(CN(CCC)C(=O)[C@H](NC(O)OC)c5ccccc5)[nH]3)ccc2-4)[nH]1)C(=O)CNC(=O)OC. The summed E-state index contributed by atoms with van der Waals surface area (Å²) in [6.45, 7) is 5.74. The summed E-state index contributed by atoms with van der Waals surface area (Å²) in [5.74, 6) is 1.60. The van der Waals surface area contributed by atoms with Gasteiger partial charge in [-0.2, -0.15) is 0 Å². The maximum Gasteiger partial charge on any atom is 0.407 e. The zero-order chi connectivity index (χ0) is 40.8. The average Bonchev–Trinajstić information content (AvgIpc) is 3.90. The summed E-state index contributed by atoms with van der Waals surface area (Å²) in [7, 11) is 2.63. The number of H-pyrrole nitrogens is 2. The van der Waals surface area contributed by atoms with E-state index in [1.807, 2.05) is 62.4 Å². The van der Waals surface area contributed by atoms with Gasteiger partial charge in [-0.05, 0) is 64.7 Å². The summed E-state index contributed by atoms with van der Waals surface area (Å²) < 4.78 is 16.0. The van der Waals surface area contributed by atoms with E-state index in [1.54, 1.807) is 16.0 Å². The first-order chi connectivity index (χ1) is 28.2. The molecule has 0 aliphatic carbocycles. The molecule has 302 valence electrons. The van der Waals surface area contributed by atoms with Crippen molar-refractivity contribution >= 4 is 39.7 Å². The summed E-state index contributed by atoms with van der Waals surface area (Å²) in [5, 5.41) is 17.5. The normalized spacial score (nSPS) is 13.0. The second kappa shape index (κ2) is 17.9. The van der Waals surface area contributed by atoms with E-state index in [0.29, 0.717) is 36.9 Å². The number of aromatic nitrogens is 4. The smallest absolute Gasteiger partial charge is 0.407 e. The molecular formula is C43H48N8O7. The van der Waals surface area contributed by atoms with E-state index < -0.39 is 18.5 Å². The number of alkyl carbamates (subject to hydrolysis) is 1. The second-order valence-electron chi connectivity index (χ2n) is 14.1. The van der Waals surface area contributed by atoms with Gasteiger partial charge in [-0.15, -0.1) is 0 Å². The van der Waals surface area contributed by atoms with Crippen molar-refractivity contribution in [2.45, 2.75) is 58.8 Å². The highest BCUT2D eigenvalue weighted by atomic mass is 16.6. The van der Waals surface area contributed by atoms with Gasteiger partial charge in [0.1, 0.15) is 36.6 Å². The van der Waals surface area contributed by atoms with Gasteiger partial charge in [0.05, 0.1) is 43.1 Å². The number of aliphatic hydroxyl groups is 1. The fourth-order valence-electron chi connectivity index (χ4n) is 7.31. The molecule has 15 heteroatoms. The van der Waals surface area contributed by atoms with Crippen LogP contribution in [0.1, 0.15) is 55.5 Å². The molecule has 0 radical (unpaired) electrons. The molecule has 1 unspecified atom stereocenters. The molecule has 0 spiro atoms. The largest absolute Gasteiger partial charge is 0.488 e. The van der Waals surface area contributed by atoms with Crippen molar-refractivity contribution in [2.75, 3.05) is 33.9 Å². The maximum absolute atomic E-state index is 13.9. The summed E-state index contributed by atoms with van der Waals surface area (Å²) in [6, 6.07) is 22.9. The van der Waals surface area contributed by atoms with Crippen molar-refractivity contribution < 1.29 is 33.7 Å². The minimum atomic E-state index is -1.32. The molecule has 3 amide bonds. The molecule has 2 aromatic heterocycles. The van der Waals surface area contributed by atoms with Crippen molar-refractivity contribution in [1.82, 2.24) is 40.4 Å². The van der Waals surface area contributed by atoms with Gasteiger partial charge in [0.15, 0.2) is 0 Å². The molecule has 6 aromatic rings. The monoisotopic (exact) mass is 788 g/mol. The fourth-order valence-corrected chi connectivity index (χ4v) is 7.31. The van der Waals surface area contributed by atoms with E-state index in [2.05, 4.69) is 54.6 Å². The Balaban J connectivity index is 1.09. The van der Waals surface area contributed by atoms with E-state index in [4.69, 9.17) is 14.5 Å². The molecule has 3 heterocycles. The molecule has 0 fully saturated rings. The number of nitrogens with zero attached hydrogens (tertiary/aromatic N) is 4. The molecule has 15 nitrogen and oxygen atoms in total. The number of nitrogens with one attached hydrogen (secondary N) is 4. The van der Waals surface area contributed by atoms with Crippen molar-refractivity contribution in [3.8, 4) is 28.1 Å². The van der Waals surface area contributed by atoms with Crippen LogP contribution in [0.5, 0.6) is 5.75 Å². The lowest BCUT2D eigenvalue weighted by Gasteiger charge is -2.28. The van der Waals surface area contributed by atoms with Crippen LogP contribution in [0.2, 0.25) is 0 Å². The van der Waals surface area contributed by atoms with Crippen LogP contribution in [-0.2, 0) is 38.8 Å². The zero-order valence-electron chi connectivity index (χ0n) is 33.0. The number of carbonyl (C=O) groups is 3. The predicted molar refractivity (Wildman–Crippen MR) is 218 cm³/mol. The van der Waals surface area contributed by atoms with Crippen molar-refractivity contribution in [1.29, 1.82) is 0 Å². The number of amides is 3. The third kappa shape index (κ3) is 8.66. The van der Waals surface area contributed by atoms with Gasteiger partial charge in [-0.3, -0.25) is 14.9 Å². The highest BCUT2D eigenvalue weighted by Gasteiger charge is 2.28. The lowest BCUT2D eigenvalue weighted by Crippen LogP contribution is -2.45. The average molecular weight is 789 g/mol. The van der Waals surface area contributed by atoms with Crippen LogP contribution < -0.4 is 15.4 Å². The summed E-state index contributed by atoms with van der Waals surface area (Å²) in [4.78, 5) is 58.1. The van der Waals surface area contributed by atoms with E-state index >= 15 is 0 Å². The lowest BCUT2D eigenvalue weighted by atomic mass is 9.92. The molecule has 2 atom stereocenters. The summed E-state index contributed by atoms with van der Waals surface area (Å²) in [6.07, 6.45) is 1.29. The Kier molecular flexibility index (Phi) is 12.3. The Morgan fingerprint density at radius 3 is 2.45 bits per heavy atom. The van der Waals surface area contributed by atoms with Crippen molar-refractivity contribution in [3.05, 3.63) is 102 Å². The van der Waals surface area contributed by atoms with Gasteiger partial charge in [-0.1, -0.05) is 62.4 Å². The molecule has 0 bridgehead atoms. The quantitative estimate of drug-likeness (QED) is 0.0756. The molecule has 0 saturated carbocycles. The van der Waals surface area contributed by atoms with Gasteiger partial charge >= 0.3 is 6.09 Å². The van der Waals surface area contributed by atoms with Crippen LogP contribution in [0.15, 0.2) is 79.0 Å². The lowest BCUT2D eigenvalue weighted by molar-refractivity contribution is -0.143. The third-order valence-corrected chi connectivity index (χ3v) is 10.1. The second-order valence-corrected chi connectivity index (χ2v) is 14.1. The number of fused-ring (bicyclic) bond motifs is 6. The molecule has 5 N–H and O–H groups in total. The van der Waals surface area contributed by atoms with Crippen molar-refractivity contribution in [3.63, 3.8) is 0 Å². The number of imidazole rings is 2. The van der Waals surface area contributed by atoms with Crippen LogP contribution >= 0.6 is 0 Å². The van der Waals surface area contributed by atoms with E-state index in [1.165, 1.54) is 14.2 Å². The molecule has 7 rings (SSSR count). The Bertz CT molecular complexity index is 2410. The first kappa shape index (κ1) is 39.9. The first-order valence-electron chi connectivity index (χ1n) is 19.4. The van der Waals surface area contributed by atoms with Gasteiger partial charge in [0.2, 0.25) is 18.2 Å². The van der Waals surface area contributed by atoms with E-state index in [-0.39, 0.29) is 31.4 Å². The van der Waals surface area contributed by atoms with E-state index in [0.717, 1.165) is 68.3 Å². The van der Waals surface area contributed by atoms with Crippen LogP contribution in [0.3, 0.4) is 0 Å². The highest BCUT2D eigenvalue weighted by Crippen LogP contribution is 2.42. The van der Waals surface area contributed by atoms with Crippen LogP contribution in [0.25, 0.3) is 44.2 Å². The number of carbonyl (C=O) groups excluding carboxylic acids is 3. The molecule has 4 aromatic carbocycles. The number of hydrogen-bond acceptors (Lipinski definition) is 10. The maximum atomic E-state index is 13.9. The number of methoxy groups -OCH3 is 2. The Hall–Kier alpha value is -6.29. The summed E-state index contributed by atoms with van der Waals surface area (Å²) in [5.41, 5.74) is 7.17. The summed E-state index contributed by atoms with van der Waals surface area (Å²) >= 11 is 0. The Labute approximate surface area is 335 Å². The van der Waals surface area contributed by atoms with Crippen LogP contribution in [0.4, 0.5) is 4.79 Å². The number of benzene rings is 4. The molecule has 0 saturated heterocycles. The minimum Gasteiger partial charge on any atom is -0.488 e. The zero-order valence-corrected chi connectivity index (χ0v) is 33.0. The van der Waals surface area contributed by atoms with Crippen LogP contribution in [-0.4, -0.2) is 93.0 Å². The van der Waals surface area contributed by atoms with E-state index in [9.17, 15) is 19.5 Å². The van der Waals surface area contributed by atoms with Gasteiger partial charge in [-0.25, -0.2) is 14.8 Å². The molecule has 58 heavy (non-hydrogen) atoms. The Morgan fingerprint density at radius 2 is 1.69 bits per heavy atom. The van der Waals surface area contributed by atoms with Gasteiger partial charge < -0.3 is 44.4 Å². The molecule has 1 aliphatic heterocycles. The highest BCUT2D eigenvalue weighted by molar-refractivity contribution is 6.07. The number of aliphatic hydroxyl groups excluding tert-OH is 1. The first-order valence-corrected chi connectivity index (χ1v) is 19.4. The van der Waals surface area contributed by atoms with Gasteiger partial charge in [0, 0.05) is 31.1 Å². The predicted octanol–water partition coefficient (Wildman–Crippen LogP) is 5.75. The Morgan fingerprint density at radius 1 is 0.914 bits per heavy atom. The number of rotatable bonds is 16. The molecular weight excluding hydrogens is 741 g/mol.